The van der Waals surface area contributed by atoms with Gasteiger partial charge in [-0.25, -0.2) is 4.98 Å². The fourth-order valence-electron chi connectivity index (χ4n) is 3.20. The lowest BCUT2D eigenvalue weighted by Gasteiger charge is -2.28. The van der Waals surface area contributed by atoms with E-state index in [9.17, 15) is 18.4 Å². The first-order chi connectivity index (χ1) is 13.8. The van der Waals surface area contributed by atoms with Crippen molar-refractivity contribution < 1.29 is 22.3 Å². The summed E-state index contributed by atoms with van der Waals surface area (Å²) in [7, 11) is 0. The molecule has 9 heteroatoms. The van der Waals surface area contributed by atoms with Gasteiger partial charge in [-0.3, -0.25) is 0 Å². The van der Waals surface area contributed by atoms with Crippen molar-refractivity contribution in [3.63, 3.8) is 0 Å². The highest BCUT2D eigenvalue weighted by Gasteiger charge is 2.47. The summed E-state index contributed by atoms with van der Waals surface area (Å²) >= 11 is 6.04. The number of oxazole rings is 1. The molecule has 2 heterocycles. The standard InChI is InChI=1S/C20H11ClF3N3O2/c21-11-5-3-4-10(8-11)15-12(9-25)18(26)29-17(20(22,23)24)16(15)19-27-13-6-1-2-7-14(13)28-19/h1-8,15H,26H2/t15-/m1/s1. The van der Waals surface area contributed by atoms with Crippen LogP contribution in [0.3, 0.4) is 0 Å². The minimum absolute atomic E-state index is 0.197. The quantitative estimate of drug-likeness (QED) is 0.614. The number of nitrogens with two attached hydrogens (primary N) is 1. The van der Waals surface area contributed by atoms with Gasteiger partial charge in [-0.1, -0.05) is 35.9 Å². The molecule has 0 spiro atoms. The Balaban J connectivity index is 2.04. The Hall–Kier alpha value is -3.44. The molecule has 0 amide bonds. The van der Waals surface area contributed by atoms with Gasteiger partial charge >= 0.3 is 6.18 Å². The summed E-state index contributed by atoms with van der Waals surface area (Å²) in [6.45, 7) is 0. The Morgan fingerprint density at radius 2 is 1.90 bits per heavy atom. The van der Waals surface area contributed by atoms with Crippen molar-refractivity contribution in [2.75, 3.05) is 0 Å². The van der Waals surface area contributed by atoms with Gasteiger partial charge in [0.1, 0.15) is 17.2 Å². The van der Waals surface area contributed by atoms with Crippen molar-refractivity contribution in [3.05, 3.63) is 82.2 Å². The molecule has 29 heavy (non-hydrogen) atoms. The van der Waals surface area contributed by atoms with Crippen LogP contribution in [0.25, 0.3) is 16.7 Å². The lowest BCUT2D eigenvalue weighted by Crippen LogP contribution is -2.27. The van der Waals surface area contributed by atoms with Crippen molar-refractivity contribution in [1.82, 2.24) is 4.98 Å². The van der Waals surface area contributed by atoms with Crippen molar-refractivity contribution in [3.8, 4) is 6.07 Å². The molecule has 146 valence electrons. The molecule has 0 saturated carbocycles. The zero-order valence-electron chi connectivity index (χ0n) is 14.5. The zero-order chi connectivity index (χ0) is 20.8. The SMILES string of the molecule is N#CC1=C(N)OC(C(F)(F)F)=C(c2nc3ccccc3o2)[C@@H]1c1cccc(Cl)c1. The second-order valence-corrected chi connectivity index (χ2v) is 6.64. The molecular weight excluding hydrogens is 407 g/mol. The van der Waals surface area contributed by atoms with Gasteiger partial charge in [0.15, 0.2) is 5.58 Å². The molecule has 3 aromatic rings. The maximum atomic E-state index is 13.9. The third-order valence-electron chi connectivity index (χ3n) is 4.38. The van der Waals surface area contributed by atoms with Gasteiger partial charge in [0, 0.05) is 5.02 Å². The number of aromatic nitrogens is 1. The first-order valence-electron chi connectivity index (χ1n) is 8.30. The van der Waals surface area contributed by atoms with E-state index < -0.39 is 29.3 Å². The zero-order valence-corrected chi connectivity index (χ0v) is 15.3. The van der Waals surface area contributed by atoms with Crippen molar-refractivity contribution in [2.24, 2.45) is 5.73 Å². The van der Waals surface area contributed by atoms with E-state index in [1.807, 2.05) is 6.07 Å². The summed E-state index contributed by atoms with van der Waals surface area (Å²) in [6.07, 6.45) is -4.90. The third-order valence-corrected chi connectivity index (χ3v) is 4.62. The number of nitrogens with zero attached hydrogens (tertiary/aromatic N) is 2. The van der Waals surface area contributed by atoms with E-state index in [1.54, 1.807) is 42.5 Å². The molecule has 5 nitrogen and oxygen atoms in total. The number of fused-ring (bicyclic) bond motifs is 1. The number of allylic oxidation sites excluding steroid dienone is 3. The predicted octanol–water partition coefficient (Wildman–Crippen LogP) is 5.26. The molecule has 0 fully saturated rings. The van der Waals surface area contributed by atoms with Gasteiger partial charge in [0.05, 0.1) is 11.5 Å². The molecule has 0 radical (unpaired) electrons. The van der Waals surface area contributed by atoms with Crippen LogP contribution < -0.4 is 5.73 Å². The highest BCUT2D eigenvalue weighted by atomic mass is 35.5. The van der Waals surface area contributed by atoms with Crippen LogP contribution >= 0.6 is 11.6 Å². The molecule has 0 bridgehead atoms. The highest BCUT2D eigenvalue weighted by Crippen LogP contribution is 2.48. The van der Waals surface area contributed by atoms with Crippen LogP contribution in [0.2, 0.25) is 5.02 Å². The van der Waals surface area contributed by atoms with E-state index in [1.165, 1.54) is 6.07 Å². The molecule has 0 unspecified atom stereocenters. The van der Waals surface area contributed by atoms with Gasteiger partial charge in [-0.2, -0.15) is 18.4 Å². The largest absolute Gasteiger partial charge is 0.450 e. The molecular formula is C20H11ClF3N3O2. The van der Waals surface area contributed by atoms with E-state index >= 15 is 0 Å². The van der Waals surface area contributed by atoms with Crippen LogP contribution in [0.5, 0.6) is 0 Å². The normalized spacial score (nSPS) is 17.4. The summed E-state index contributed by atoms with van der Waals surface area (Å²) < 4.78 is 52.0. The number of para-hydroxylation sites is 2. The summed E-state index contributed by atoms with van der Waals surface area (Å²) in [6, 6.07) is 14.5. The van der Waals surface area contributed by atoms with E-state index in [-0.39, 0.29) is 16.5 Å². The summed E-state index contributed by atoms with van der Waals surface area (Å²) in [4.78, 5) is 4.18. The molecule has 1 aliphatic rings. The van der Waals surface area contributed by atoms with E-state index in [0.29, 0.717) is 16.7 Å². The molecule has 1 aliphatic heterocycles. The molecule has 4 rings (SSSR count). The number of benzene rings is 2. The van der Waals surface area contributed by atoms with Crippen molar-refractivity contribution >= 4 is 28.3 Å². The second kappa shape index (κ2) is 6.87. The summed E-state index contributed by atoms with van der Waals surface area (Å²) in [5, 5.41) is 9.89. The molecule has 0 aliphatic carbocycles. The second-order valence-electron chi connectivity index (χ2n) is 6.21. The Kier molecular flexibility index (Phi) is 4.47. The van der Waals surface area contributed by atoms with Gasteiger partial charge in [0.2, 0.25) is 17.5 Å². The van der Waals surface area contributed by atoms with Crippen molar-refractivity contribution in [2.45, 2.75) is 12.1 Å². The van der Waals surface area contributed by atoms with Gasteiger partial charge in [-0.15, -0.1) is 0 Å². The fraction of sp³-hybridized carbons (Fsp3) is 0.100. The summed E-state index contributed by atoms with van der Waals surface area (Å²) in [5.74, 6) is -3.56. The minimum Gasteiger partial charge on any atom is -0.436 e. The van der Waals surface area contributed by atoms with Gasteiger partial charge in [0.25, 0.3) is 0 Å². The van der Waals surface area contributed by atoms with Gasteiger partial charge in [-0.05, 0) is 29.8 Å². The van der Waals surface area contributed by atoms with Gasteiger partial charge < -0.3 is 14.9 Å². The van der Waals surface area contributed by atoms with E-state index in [0.717, 1.165) is 0 Å². The lowest BCUT2D eigenvalue weighted by molar-refractivity contribution is -0.124. The van der Waals surface area contributed by atoms with E-state index in [4.69, 9.17) is 26.5 Å². The number of ether oxygens (including phenoxy) is 1. The maximum absolute atomic E-state index is 13.9. The van der Waals surface area contributed by atoms with E-state index in [2.05, 4.69) is 4.98 Å². The third kappa shape index (κ3) is 3.30. The number of hydrogen-bond donors (Lipinski definition) is 1. The first kappa shape index (κ1) is 18.9. The molecule has 1 aromatic heterocycles. The smallest absolute Gasteiger partial charge is 0.436 e. The highest BCUT2D eigenvalue weighted by molar-refractivity contribution is 6.30. The van der Waals surface area contributed by atoms with Crippen LogP contribution in [0, 0.1) is 11.3 Å². The van der Waals surface area contributed by atoms with Crippen molar-refractivity contribution in [1.29, 1.82) is 5.26 Å². The maximum Gasteiger partial charge on any atom is 0.450 e. The predicted molar refractivity (Wildman–Crippen MR) is 99.1 cm³/mol. The molecule has 2 aromatic carbocycles. The number of alkyl halides is 3. The topological polar surface area (TPSA) is 85.1 Å². The Bertz CT molecular complexity index is 1190. The average Bonchev–Trinajstić information content (AvgIpc) is 3.10. The Morgan fingerprint density at radius 1 is 1.14 bits per heavy atom. The van der Waals surface area contributed by atoms with Crippen LogP contribution in [0.15, 0.2) is 70.2 Å². The average molecular weight is 418 g/mol. The first-order valence-corrected chi connectivity index (χ1v) is 8.67. The molecule has 0 saturated heterocycles. The fourth-order valence-corrected chi connectivity index (χ4v) is 3.39. The summed E-state index contributed by atoms with van der Waals surface area (Å²) in [5.41, 5.74) is 6.01. The van der Waals surface area contributed by atoms with Crippen LogP contribution in [0.1, 0.15) is 17.4 Å². The number of halogens is 4. The Labute approximate surface area is 167 Å². The van der Waals surface area contributed by atoms with Crippen LogP contribution in [0.4, 0.5) is 13.2 Å². The monoisotopic (exact) mass is 417 g/mol. The van der Waals surface area contributed by atoms with Crippen LogP contribution in [-0.4, -0.2) is 11.2 Å². The Morgan fingerprint density at radius 3 is 2.55 bits per heavy atom. The number of nitriles is 1. The lowest BCUT2D eigenvalue weighted by atomic mass is 9.82. The number of hydrogen-bond acceptors (Lipinski definition) is 5. The van der Waals surface area contributed by atoms with Crippen LogP contribution in [-0.2, 0) is 4.74 Å². The number of rotatable bonds is 2. The minimum atomic E-state index is -4.90. The molecule has 1 atom stereocenters. The molecule has 2 N–H and O–H groups in total.